The van der Waals surface area contributed by atoms with Crippen LogP contribution in [0.2, 0.25) is 0 Å². The summed E-state index contributed by atoms with van der Waals surface area (Å²) >= 11 is 0. The summed E-state index contributed by atoms with van der Waals surface area (Å²) in [4.78, 5) is 38.1. The van der Waals surface area contributed by atoms with Crippen molar-refractivity contribution in [3.8, 4) is 0 Å². The van der Waals surface area contributed by atoms with Crippen molar-refractivity contribution in [3.63, 3.8) is 0 Å². The van der Waals surface area contributed by atoms with Gasteiger partial charge in [0.25, 0.3) is 0 Å². The van der Waals surface area contributed by atoms with Gasteiger partial charge in [-0.3, -0.25) is 14.4 Å². The van der Waals surface area contributed by atoms with Gasteiger partial charge in [-0.1, -0.05) is 244 Å². The van der Waals surface area contributed by atoms with Gasteiger partial charge in [-0.25, -0.2) is 0 Å². The third-order valence-corrected chi connectivity index (χ3v) is 12.7. The Morgan fingerprint density at radius 1 is 0.297 bits per heavy atom. The molecule has 6 heteroatoms. The van der Waals surface area contributed by atoms with E-state index in [1.54, 1.807) is 0 Å². The third kappa shape index (κ3) is 50.9. The maximum absolute atomic E-state index is 12.8. The van der Waals surface area contributed by atoms with Gasteiger partial charge >= 0.3 is 17.9 Å². The number of unbranched alkanes of at least 4 members (excludes halogenated alkanes) is 37. The Morgan fingerprint density at radius 2 is 0.516 bits per heavy atom. The number of carbonyl (C=O) groups is 3. The van der Waals surface area contributed by atoms with Crippen molar-refractivity contribution < 1.29 is 28.6 Å². The molecule has 0 aliphatic heterocycles. The first-order chi connectivity index (χ1) is 31.5. The molecule has 0 aliphatic rings. The first-order valence-corrected chi connectivity index (χ1v) is 28.3. The van der Waals surface area contributed by atoms with Crippen LogP contribution in [0.1, 0.15) is 310 Å². The molecule has 0 spiro atoms. The van der Waals surface area contributed by atoms with Crippen LogP contribution in [-0.2, 0) is 28.6 Å². The third-order valence-electron chi connectivity index (χ3n) is 12.7. The number of hydrogen-bond acceptors (Lipinski definition) is 6. The summed E-state index contributed by atoms with van der Waals surface area (Å²) in [6.07, 6.45) is 61.6. The standard InChI is InChI=1S/C58H108O6/c1-4-7-10-13-16-19-22-25-28-30-33-36-39-42-45-48-51-57(60)63-54-55(53-62-56(59)50-47-44-41-38-35-32-27-24-21-18-15-12-9-6-3)64-58(61)52-49-46-43-40-37-34-31-29-26-23-20-17-14-11-8-5-2/h28-31,55H,4-27,32-54H2,1-3H3/b30-28-,31-29-/t55-/m1/s1. The van der Waals surface area contributed by atoms with Gasteiger partial charge in [-0.15, -0.1) is 0 Å². The lowest BCUT2D eigenvalue weighted by Crippen LogP contribution is -2.30. The monoisotopic (exact) mass is 901 g/mol. The van der Waals surface area contributed by atoms with E-state index in [-0.39, 0.29) is 31.1 Å². The maximum Gasteiger partial charge on any atom is 0.306 e. The van der Waals surface area contributed by atoms with Crippen LogP contribution in [0, 0.1) is 0 Å². The Morgan fingerprint density at radius 3 is 0.781 bits per heavy atom. The normalized spacial score (nSPS) is 12.1. The fraction of sp³-hybridized carbons (Fsp3) is 0.879. The van der Waals surface area contributed by atoms with E-state index in [9.17, 15) is 14.4 Å². The Hall–Kier alpha value is -2.11. The minimum atomic E-state index is -0.775. The second kappa shape index (κ2) is 53.5. The van der Waals surface area contributed by atoms with E-state index in [0.717, 1.165) is 70.6 Å². The van der Waals surface area contributed by atoms with E-state index in [1.165, 1.54) is 199 Å². The average Bonchev–Trinajstić information content (AvgIpc) is 3.29. The molecule has 376 valence electrons. The van der Waals surface area contributed by atoms with Gasteiger partial charge in [-0.2, -0.15) is 0 Å². The predicted octanol–water partition coefficient (Wildman–Crippen LogP) is 18.7. The van der Waals surface area contributed by atoms with Crippen LogP contribution in [0.5, 0.6) is 0 Å². The van der Waals surface area contributed by atoms with Gasteiger partial charge in [0.05, 0.1) is 0 Å². The van der Waals surface area contributed by atoms with Crippen LogP contribution in [0.25, 0.3) is 0 Å². The number of carbonyl (C=O) groups excluding carboxylic acids is 3. The molecule has 0 radical (unpaired) electrons. The molecule has 0 rings (SSSR count). The summed E-state index contributed by atoms with van der Waals surface area (Å²) < 4.78 is 16.9. The summed E-state index contributed by atoms with van der Waals surface area (Å²) in [5, 5.41) is 0. The zero-order valence-electron chi connectivity index (χ0n) is 43.1. The summed E-state index contributed by atoms with van der Waals surface area (Å²) in [5.41, 5.74) is 0. The smallest absolute Gasteiger partial charge is 0.306 e. The van der Waals surface area contributed by atoms with Crippen molar-refractivity contribution in [2.45, 2.75) is 316 Å². The Bertz CT molecular complexity index is 1040. The molecule has 0 saturated carbocycles. The second-order valence-corrected chi connectivity index (χ2v) is 19.2. The summed E-state index contributed by atoms with van der Waals surface area (Å²) in [6, 6.07) is 0. The van der Waals surface area contributed by atoms with Crippen molar-refractivity contribution >= 4 is 17.9 Å². The van der Waals surface area contributed by atoms with Gasteiger partial charge in [0.2, 0.25) is 0 Å². The minimum Gasteiger partial charge on any atom is -0.462 e. The molecule has 0 unspecified atom stereocenters. The average molecular weight is 901 g/mol. The van der Waals surface area contributed by atoms with Crippen molar-refractivity contribution in [3.05, 3.63) is 24.3 Å². The first-order valence-electron chi connectivity index (χ1n) is 28.3. The Labute approximate surface area is 398 Å². The molecule has 0 aromatic heterocycles. The molecule has 0 saturated heterocycles. The highest BCUT2D eigenvalue weighted by Crippen LogP contribution is 2.16. The highest BCUT2D eigenvalue weighted by Gasteiger charge is 2.19. The largest absolute Gasteiger partial charge is 0.462 e. The molecular weight excluding hydrogens is 793 g/mol. The molecule has 0 heterocycles. The van der Waals surface area contributed by atoms with E-state index in [0.29, 0.717) is 19.3 Å². The molecule has 1 atom stereocenters. The number of rotatable bonds is 52. The lowest BCUT2D eigenvalue weighted by atomic mass is 10.0. The fourth-order valence-corrected chi connectivity index (χ4v) is 8.37. The van der Waals surface area contributed by atoms with Gasteiger partial charge in [-0.05, 0) is 70.6 Å². The van der Waals surface area contributed by atoms with E-state index < -0.39 is 6.10 Å². The quantitative estimate of drug-likeness (QED) is 0.0262. The van der Waals surface area contributed by atoms with Crippen molar-refractivity contribution in [2.75, 3.05) is 13.2 Å². The molecule has 64 heavy (non-hydrogen) atoms. The molecule has 0 aromatic carbocycles. The van der Waals surface area contributed by atoms with Crippen molar-refractivity contribution in [2.24, 2.45) is 0 Å². The van der Waals surface area contributed by atoms with Crippen LogP contribution < -0.4 is 0 Å². The number of esters is 3. The number of hydrogen-bond donors (Lipinski definition) is 0. The molecule has 0 aliphatic carbocycles. The molecule has 0 N–H and O–H groups in total. The summed E-state index contributed by atoms with van der Waals surface area (Å²) in [5.74, 6) is -0.872. The lowest BCUT2D eigenvalue weighted by Gasteiger charge is -2.18. The predicted molar refractivity (Wildman–Crippen MR) is 275 cm³/mol. The fourth-order valence-electron chi connectivity index (χ4n) is 8.37. The molecule has 0 aromatic rings. The number of ether oxygens (including phenoxy) is 3. The molecule has 0 amide bonds. The Kier molecular flexibility index (Phi) is 51.7. The zero-order valence-corrected chi connectivity index (χ0v) is 43.1. The highest BCUT2D eigenvalue weighted by molar-refractivity contribution is 5.71. The SMILES string of the molecule is CCCCCCCCC/C=C\CCCCCCCC(=O)OC[C@@H](COC(=O)CCCCCCCCCCCCCCCC)OC(=O)CCCCCCC/C=C\CCCCCCCCC. The first kappa shape index (κ1) is 61.9. The van der Waals surface area contributed by atoms with E-state index in [1.807, 2.05) is 0 Å². The van der Waals surface area contributed by atoms with Crippen molar-refractivity contribution in [1.29, 1.82) is 0 Å². The van der Waals surface area contributed by atoms with Gasteiger partial charge < -0.3 is 14.2 Å². The molecular formula is C58H108O6. The molecule has 0 bridgehead atoms. The second-order valence-electron chi connectivity index (χ2n) is 19.2. The van der Waals surface area contributed by atoms with Crippen LogP contribution in [0.15, 0.2) is 24.3 Å². The van der Waals surface area contributed by atoms with Crippen LogP contribution in [0.4, 0.5) is 0 Å². The van der Waals surface area contributed by atoms with Gasteiger partial charge in [0.15, 0.2) is 6.10 Å². The molecule has 0 fully saturated rings. The maximum atomic E-state index is 12.8. The van der Waals surface area contributed by atoms with Crippen LogP contribution in [-0.4, -0.2) is 37.2 Å². The zero-order chi connectivity index (χ0) is 46.5. The summed E-state index contributed by atoms with van der Waals surface area (Å²) in [7, 11) is 0. The minimum absolute atomic E-state index is 0.0730. The Balaban J connectivity index is 4.36. The lowest BCUT2D eigenvalue weighted by molar-refractivity contribution is -0.167. The van der Waals surface area contributed by atoms with E-state index in [2.05, 4.69) is 45.1 Å². The summed E-state index contributed by atoms with van der Waals surface area (Å²) in [6.45, 7) is 6.66. The van der Waals surface area contributed by atoms with E-state index >= 15 is 0 Å². The molecule has 6 nitrogen and oxygen atoms in total. The van der Waals surface area contributed by atoms with Crippen LogP contribution >= 0.6 is 0 Å². The number of allylic oxidation sites excluding steroid dienone is 4. The van der Waals surface area contributed by atoms with Gasteiger partial charge in [0, 0.05) is 19.3 Å². The van der Waals surface area contributed by atoms with E-state index in [4.69, 9.17) is 14.2 Å². The van der Waals surface area contributed by atoms with Gasteiger partial charge in [0.1, 0.15) is 13.2 Å². The highest BCUT2D eigenvalue weighted by atomic mass is 16.6. The van der Waals surface area contributed by atoms with Crippen molar-refractivity contribution in [1.82, 2.24) is 0 Å². The van der Waals surface area contributed by atoms with Crippen LogP contribution in [0.3, 0.4) is 0 Å². The topological polar surface area (TPSA) is 78.9 Å².